The Morgan fingerprint density at radius 1 is 0.357 bits per heavy atom. The van der Waals surface area contributed by atoms with Crippen LogP contribution in [0.15, 0.2) is 176 Å². The molecule has 56 heavy (non-hydrogen) atoms. The van der Waals surface area contributed by atoms with Crippen molar-refractivity contribution in [3.8, 4) is 44.5 Å². The third-order valence-electron chi connectivity index (χ3n) is 12.7. The van der Waals surface area contributed by atoms with Crippen LogP contribution in [0.25, 0.3) is 64.7 Å². The third kappa shape index (κ3) is 4.85. The molecule has 1 aromatic heterocycles. The second-order valence-corrected chi connectivity index (χ2v) is 17.6. The molecule has 8 aromatic carbocycles. The summed E-state index contributed by atoms with van der Waals surface area (Å²) in [6.07, 6.45) is 0. The molecule has 1 nitrogen and oxygen atoms in total. The number of benzene rings is 8. The van der Waals surface area contributed by atoms with Crippen LogP contribution >= 0.6 is 11.3 Å². The van der Waals surface area contributed by atoms with Crippen LogP contribution in [0, 0.1) is 0 Å². The van der Waals surface area contributed by atoms with Crippen molar-refractivity contribution >= 4 is 48.6 Å². The zero-order chi connectivity index (χ0) is 37.8. The van der Waals surface area contributed by atoms with E-state index >= 15 is 0 Å². The molecule has 0 radical (unpaired) electrons. The van der Waals surface area contributed by atoms with E-state index in [4.69, 9.17) is 0 Å². The van der Waals surface area contributed by atoms with Gasteiger partial charge in [-0.2, -0.15) is 0 Å². The van der Waals surface area contributed by atoms with Crippen molar-refractivity contribution in [3.63, 3.8) is 0 Å². The van der Waals surface area contributed by atoms with Gasteiger partial charge in [0.2, 0.25) is 0 Å². The van der Waals surface area contributed by atoms with E-state index in [1.54, 1.807) is 0 Å². The van der Waals surface area contributed by atoms with Crippen LogP contribution < -0.4 is 4.90 Å². The molecular formula is C54H41NS. The molecule has 2 heteroatoms. The zero-order valence-electron chi connectivity index (χ0n) is 32.1. The molecule has 11 rings (SSSR count). The van der Waals surface area contributed by atoms with Gasteiger partial charge in [-0.25, -0.2) is 0 Å². The number of fused-ring (bicyclic) bond motifs is 9. The van der Waals surface area contributed by atoms with Gasteiger partial charge < -0.3 is 4.90 Å². The Morgan fingerprint density at radius 3 is 1.66 bits per heavy atom. The summed E-state index contributed by atoms with van der Waals surface area (Å²) in [4.78, 5) is 2.43. The van der Waals surface area contributed by atoms with E-state index in [0.29, 0.717) is 0 Å². The maximum absolute atomic E-state index is 2.43. The van der Waals surface area contributed by atoms with Crippen LogP contribution in [-0.4, -0.2) is 0 Å². The van der Waals surface area contributed by atoms with E-state index < -0.39 is 0 Å². The van der Waals surface area contributed by atoms with E-state index in [2.05, 4.69) is 209 Å². The van der Waals surface area contributed by atoms with Crippen LogP contribution in [0.4, 0.5) is 17.1 Å². The van der Waals surface area contributed by atoms with Crippen molar-refractivity contribution in [2.24, 2.45) is 0 Å². The van der Waals surface area contributed by atoms with Gasteiger partial charge in [-0.3, -0.25) is 0 Å². The topological polar surface area (TPSA) is 3.24 Å². The minimum absolute atomic E-state index is 0.0326. The molecule has 0 bridgehead atoms. The average Bonchev–Trinajstić information content (AvgIpc) is 3.81. The second kappa shape index (κ2) is 12.1. The Bertz CT molecular complexity index is 3010. The molecule has 0 aliphatic heterocycles. The van der Waals surface area contributed by atoms with E-state index in [1.165, 1.54) is 86.9 Å². The summed E-state index contributed by atoms with van der Waals surface area (Å²) in [6.45, 7) is 9.43. The van der Waals surface area contributed by atoms with Crippen LogP contribution in [0.3, 0.4) is 0 Å². The molecule has 9 aromatic rings. The first-order valence-corrected chi connectivity index (χ1v) is 20.5. The van der Waals surface area contributed by atoms with E-state index in [-0.39, 0.29) is 10.8 Å². The number of thiophene rings is 1. The van der Waals surface area contributed by atoms with Gasteiger partial charge in [-0.15, -0.1) is 11.3 Å². The molecule has 0 N–H and O–H groups in total. The normalized spacial score (nSPS) is 14.4. The molecule has 0 fully saturated rings. The quantitative estimate of drug-likeness (QED) is 0.170. The van der Waals surface area contributed by atoms with Crippen molar-refractivity contribution in [3.05, 3.63) is 198 Å². The fraction of sp³-hybridized carbons (Fsp3) is 0.111. The van der Waals surface area contributed by atoms with Gasteiger partial charge in [0.1, 0.15) is 0 Å². The Balaban J connectivity index is 1.02. The first-order chi connectivity index (χ1) is 27.3. The summed E-state index contributed by atoms with van der Waals surface area (Å²) in [6, 6.07) is 65.7. The number of rotatable bonds is 5. The summed E-state index contributed by atoms with van der Waals surface area (Å²) in [5, 5.41) is 2.66. The molecular weight excluding hydrogens is 695 g/mol. The first kappa shape index (κ1) is 33.1. The van der Waals surface area contributed by atoms with E-state index in [0.717, 1.165) is 17.1 Å². The van der Waals surface area contributed by atoms with Crippen molar-refractivity contribution in [1.29, 1.82) is 0 Å². The molecule has 2 aliphatic carbocycles. The molecule has 0 unspecified atom stereocenters. The van der Waals surface area contributed by atoms with Gasteiger partial charge in [-0.1, -0.05) is 149 Å². The molecule has 2 aliphatic rings. The summed E-state index contributed by atoms with van der Waals surface area (Å²) in [7, 11) is 0. The van der Waals surface area contributed by atoms with Crippen molar-refractivity contribution in [2.75, 3.05) is 4.90 Å². The Labute approximate surface area is 333 Å². The molecule has 0 amide bonds. The Hall–Kier alpha value is -6.22. The molecule has 0 saturated heterocycles. The number of hydrogen-bond donors (Lipinski definition) is 0. The van der Waals surface area contributed by atoms with Gasteiger partial charge in [0.05, 0.1) is 0 Å². The maximum Gasteiger partial charge on any atom is 0.0465 e. The van der Waals surface area contributed by atoms with Gasteiger partial charge >= 0.3 is 0 Å². The fourth-order valence-corrected chi connectivity index (χ4v) is 10.9. The summed E-state index contributed by atoms with van der Waals surface area (Å²) >= 11 is 1.87. The highest BCUT2D eigenvalue weighted by Crippen LogP contribution is 2.53. The first-order valence-electron chi connectivity index (χ1n) is 19.7. The monoisotopic (exact) mass is 735 g/mol. The Kier molecular flexibility index (Phi) is 7.18. The predicted molar refractivity (Wildman–Crippen MR) is 240 cm³/mol. The minimum atomic E-state index is -0.0937. The Morgan fingerprint density at radius 2 is 0.893 bits per heavy atom. The van der Waals surface area contributed by atoms with Crippen LogP contribution in [0.2, 0.25) is 0 Å². The highest BCUT2D eigenvalue weighted by molar-refractivity contribution is 7.25. The zero-order valence-corrected chi connectivity index (χ0v) is 32.9. The third-order valence-corrected chi connectivity index (χ3v) is 13.9. The predicted octanol–water partition coefficient (Wildman–Crippen LogP) is 15.5. The summed E-state index contributed by atoms with van der Waals surface area (Å²) in [5.41, 5.74) is 19.2. The van der Waals surface area contributed by atoms with Crippen molar-refractivity contribution < 1.29 is 0 Å². The van der Waals surface area contributed by atoms with Crippen molar-refractivity contribution in [2.45, 2.75) is 38.5 Å². The van der Waals surface area contributed by atoms with E-state index in [1.807, 2.05) is 11.3 Å². The summed E-state index contributed by atoms with van der Waals surface area (Å²) < 4.78 is 2.67. The molecule has 0 atom stereocenters. The second-order valence-electron chi connectivity index (χ2n) is 16.5. The highest BCUT2D eigenvalue weighted by Gasteiger charge is 2.37. The lowest BCUT2D eigenvalue weighted by atomic mass is 9.82. The number of nitrogens with zero attached hydrogens (tertiary/aromatic N) is 1. The maximum atomic E-state index is 2.43. The van der Waals surface area contributed by atoms with Gasteiger partial charge in [0.15, 0.2) is 0 Å². The standard InChI is InChI=1S/C54H41NS/c1-53(2)47-17-9-6-14-44(47)52-40(15-11-18-48(52)53)35-22-27-38(28-23-35)55(39-29-30-42-41-12-5-8-16-46(41)54(3,4)49(42)33-39)37-25-20-34(21-26-37)36-24-31-51-45(32-36)43-13-7-10-19-50(43)56-51/h5-33H,1-4H3. The average molecular weight is 736 g/mol. The summed E-state index contributed by atoms with van der Waals surface area (Å²) in [5.74, 6) is 0. The smallest absolute Gasteiger partial charge is 0.0465 e. The minimum Gasteiger partial charge on any atom is -0.310 e. The van der Waals surface area contributed by atoms with Crippen LogP contribution in [0.1, 0.15) is 49.9 Å². The highest BCUT2D eigenvalue weighted by atomic mass is 32.1. The SMILES string of the molecule is CC1(C)c2ccccc2-c2ccc(N(c3ccc(-c4ccc5sc6ccccc6c5c4)cc3)c3ccc(-c4cccc5c4-c4ccccc4C5(C)C)cc3)cc21. The molecule has 0 spiro atoms. The van der Waals surface area contributed by atoms with Crippen LogP contribution in [0.5, 0.6) is 0 Å². The number of anilines is 3. The lowest BCUT2D eigenvalue weighted by Gasteiger charge is -2.28. The number of hydrogen-bond acceptors (Lipinski definition) is 2. The lowest BCUT2D eigenvalue weighted by molar-refractivity contribution is 0.660. The van der Waals surface area contributed by atoms with E-state index in [9.17, 15) is 0 Å². The molecule has 0 saturated carbocycles. The van der Waals surface area contributed by atoms with Crippen LogP contribution in [-0.2, 0) is 10.8 Å². The van der Waals surface area contributed by atoms with Gasteiger partial charge in [0, 0.05) is 48.1 Å². The molecule has 1 heterocycles. The van der Waals surface area contributed by atoms with Gasteiger partial charge in [0.25, 0.3) is 0 Å². The largest absolute Gasteiger partial charge is 0.310 e. The lowest BCUT2D eigenvalue weighted by Crippen LogP contribution is -2.16. The molecule has 268 valence electrons. The fourth-order valence-electron chi connectivity index (χ4n) is 9.77. The van der Waals surface area contributed by atoms with Crippen molar-refractivity contribution in [1.82, 2.24) is 0 Å². The van der Waals surface area contributed by atoms with Gasteiger partial charge in [-0.05, 0) is 121 Å².